The fraction of sp³-hybridized carbons (Fsp3) is 0.154. The number of nitro benzene ring substituents is 1. The van der Waals surface area contributed by atoms with E-state index in [0.29, 0.717) is 17.0 Å². The zero-order chi connectivity index (χ0) is 14.5. The van der Waals surface area contributed by atoms with E-state index in [1.807, 2.05) is 6.07 Å². The minimum Gasteiger partial charge on any atom is -0.496 e. The number of halogens is 1. The standard InChI is InChI=1S/C13H11BrN2O4/c1-19-10-3-4-12(11(6-10)16(17)18)20-13-5-2-9(7-14)8-15-13/h2-6,8H,7H2,1H3. The third-order valence-corrected chi connectivity index (χ3v) is 3.18. The number of nitro groups is 1. The third-order valence-electron chi connectivity index (χ3n) is 2.53. The maximum Gasteiger partial charge on any atom is 0.315 e. The van der Waals surface area contributed by atoms with Gasteiger partial charge in [0.15, 0.2) is 0 Å². The summed E-state index contributed by atoms with van der Waals surface area (Å²) in [4.78, 5) is 14.6. The van der Waals surface area contributed by atoms with E-state index in [1.165, 1.54) is 19.2 Å². The second-order valence-corrected chi connectivity index (χ2v) is 4.39. The van der Waals surface area contributed by atoms with Crippen molar-refractivity contribution in [3.63, 3.8) is 0 Å². The summed E-state index contributed by atoms with van der Waals surface area (Å²) in [7, 11) is 1.44. The number of methoxy groups -OCH3 is 1. The molecule has 1 aromatic heterocycles. The molecule has 0 spiro atoms. The molecule has 0 N–H and O–H groups in total. The van der Waals surface area contributed by atoms with Crippen LogP contribution in [0.15, 0.2) is 36.5 Å². The topological polar surface area (TPSA) is 74.5 Å². The number of hydrogen-bond donors (Lipinski definition) is 0. The van der Waals surface area contributed by atoms with Gasteiger partial charge in [0.1, 0.15) is 5.75 Å². The van der Waals surface area contributed by atoms with Crippen molar-refractivity contribution in [2.75, 3.05) is 7.11 Å². The molecule has 0 saturated heterocycles. The first-order valence-corrected chi connectivity index (χ1v) is 6.77. The molecule has 6 nitrogen and oxygen atoms in total. The van der Waals surface area contributed by atoms with E-state index in [1.54, 1.807) is 18.3 Å². The van der Waals surface area contributed by atoms with Crippen LogP contribution in [0.25, 0.3) is 0 Å². The molecule has 2 aromatic rings. The SMILES string of the molecule is COc1ccc(Oc2ccc(CBr)cn2)c([N+](=O)[O-])c1. The molecule has 0 radical (unpaired) electrons. The summed E-state index contributed by atoms with van der Waals surface area (Å²) < 4.78 is 10.4. The molecule has 0 fully saturated rings. The van der Waals surface area contributed by atoms with Gasteiger partial charge in [-0.3, -0.25) is 10.1 Å². The lowest BCUT2D eigenvalue weighted by Crippen LogP contribution is -1.96. The van der Waals surface area contributed by atoms with Crippen LogP contribution in [-0.2, 0) is 5.33 Å². The number of nitrogens with zero attached hydrogens (tertiary/aromatic N) is 2. The molecule has 0 saturated carbocycles. The molecule has 1 heterocycles. The summed E-state index contributed by atoms with van der Waals surface area (Å²) >= 11 is 3.31. The highest BCUT2D eigenvalue weighted by Gasteiger charge is 2.17. The van der Waals surface area contributed by atoms with E-state index in [9.17, 15) is 10.1 Å². The number of ether oxygens (including phenoxy) is 2. The van der Waals surface area contributed by atoms with Gasteiger partial charge in [-0.2, -0.15) is 0 Å². The Morgan fingerprint density at radius 2 is 2.15 bits per heavy atom. The van der Waals surface area contributed by atoms with Crippen molar-refractivity contribution >= 4 is 21.6 Å². The largest absolute Gasteiger partial charge is 0.496 e. The van der Waals surface area contributed by atoms with Gasteiger partial charge in [-0.1, -0.05) is 22.0 Å². The van der Waals surface area contributed by atoms with Crippen molar-refractivity contribution in [3.8, 4) is 17.4 Å². The van der Waals surface area contributed by atoms with Gasteiger partial charge < -0.3 is 9.47 Å². The molecule has 0 aliphatic carbocycles. The zero-order valence-electron chi connectivity index (χ0n) is 10.6. The summed E-state index contributed by atoms with van der Waals surface area (Å²) in [5.41, 5.74) is 0.817. The molecule has 2 rings (SSSR count). The van der Waals surface area contributed by atoms with Gasteiger partial charge in [0.25, 0.3) is 0 Å². The van der Waals surface area contributed by atoms with Crippen LogP contribution in [0.2, 0.25) is 0 Å². The average Bonchev–Trinajstić information content (AvgIpc) is 2.48. The van der Waals surface area contributed by atoms with Crippen molar-refractivity contribution in [1.82, 2.24) is 4.98 Å². The minimum atomic E-state index is -0.523. The maximum atomic E-state index is 11.0. The van der Waals surface area contributed by atoms with E-state index in [0.717, 1.165) is 5.56 Å². The Morgan fingerprint density at radius 1 is 1.35 bits per heavy atom. The number of hydrogen-bond acceptors (Lipinski definition) is 5. The fourth-order valence-corrected chi connectivity index (χ4v) is 1.85. The van der Waals surface area contributed by atoms with Crippen molar-refractivity contribution < 1.29 is 14.4 Å². The summed E-state index contributed by atoms with van der Waals surface area (Å²) in [6.07, 6.45) is 1.64. The lowest BCUT2D eigenvalue weighted by molar-refractivity contribution is -0.385. The minimum absolute atomic E-state index is 0.120. The first-order valence-electron chi connectivity index (χ1n) is 5.65. The van der Waals surface area contributed by atoms with Gasteiger partial charge in [0.2, 0.25) is 11.6 Å². The summed E-state index contributed by atoms with van der Waals surface area (Å²) in [6, 6.07) is 7.87. The van der Waals surface area contributed by atoms with Crippen molar-refractivity contribution in [2.45, 2.75) is 5.33 Å². The van der Waals surface area contributed by atoms with Crippen LogP contribution in [0.5, 0.6) is 17.4 Å². The number of pyridine rings is 1. The molecule has 0 unspecified atom stereocenters. The van der Waals surface area contributed by atoms with Crippen LogP contribution in [0.4, 0.5) is 5.69 Å². The van der Waals surface area contributed by atoms with Gasteiger partial charge in [0.05, 0.1) is 18.1 Å². The van der Waals surface area contributed by atoms with Crippen LogP contribution in [0.3, 0.4) is 0 Å². The van der Waals surface area contributed by atoms with Crippen LogP contribution >= 0.6 is 15.9 Å². The van der Waals surface area contributed by atoms with Gasteiger partial charge in [-0.05, 0) is 17.7 Å². The third kappa shape index (κ3) is 3.24. The fourth-order valence-electron chi connectivity index (χ4n) is 1.52. The Balaban J connectivity index is 2.29. The molecule has 104 valence electrons. The van der Waals surface area contributed by atoms with Gasteiger partial charge in [-0.15, -0.1) is 0 Å². The molecule has 0 bridgehead atoms. The number of alkyl halides is 1. The first kappa shape index (κ1) is 14.3. The Hall–Kier alpha value is -2.15. The Kier molecular flexibility index (Phi) is 4.52. The number of aromatic nitrogens is 1. The highest BCUT2D eigenvalue weighted by Crippen LogP contribution is 2.33. The molecule has 7 heteroatoms. The molecule has 1 aromatic carbocycles. The van der Waals surface area contributed by atoms with Gasteiger partial charge in [0, 0.05) is 17.6 Å². The van der Waals surface area contributed by atoms with E-state index in [-0.39, 0.29) is 11.4 Å². The van der Waals surface area contributed by atoms with Crippen LogP contribution in [0.1, 0.15) is 5.56 Å². The van der Waals surface area contributed by atoms with Gasteiger partial charge >= 0.3 is 5.69 Å². The van der Waals surface area contributed by atoms with Crippen molar-refractivity contribution in [1.29, 1.82) is 0 Å². The first-order chi connectivity index (χ1) is 9.63. The molecule has 0 amide bonds. The van der Waals surface area contributed by atoms with E-state index >= 15 is 0 Å². The number of rotatable bonds is 5. The Labute approximate surface area is 123 Å². The second-order valence-electron chi connectivity index (χ2n) is 3.83. The van der Waals surface area contributed by atoms with Gasteiger partial charge in [-0.25, -0.2) is 4.98 Å². The highest BCUT2D eigenvalue weighted by molar-refractivity contribution is 9.08. The van der Waals surface area contributed by atoms with Crippen molar-refractivity contribution in [2.24, 2.45) is 0 Å². The Bertz CT molecular complexity index is 616. The van der Waals surface area contributed by atoms with Crippen LogP contribution in [0, 0.1) is 10.1 Å². The van der Waals surface area contributed by atoms with E-state index < -0.39 is 4.92 Å². The second kappa shape index (κ2) is 6.33. The summed E-state index contributed by atoms with van der Waals surface area (Å²) in [5.74, 6) is 0.810. The molecule has 0 aliphatic rings. The maximum absolute atomic E-state index is 11.0. The van der Waals surface area contributed by atoms with E-state index in [4.69, 9.17) is 9.47 Å². The molecule has 0 atom stereocenters. The molecule has 0 aliphatic heterocycles. The molecule has 20 heavy (non-hydrogen) atoms. The lowest BCUT2D eigenvalue weighted by atomic mass is 10.3. The summed E-state index contributed by atoms with van der Waals surface area (Å²) in [6.45, 7) is 0. The summed E-state index contributed by atoms with van der Waals surface area (Å²) in [5, 5.41) is 11.7. The smallest absolute Gasteiger partial charge is 0.315 e. The van der Waals surface area contributed by atoms with Crippen LogP contribution < -0.4 is 9.47 Å². The lowest BCUT2D eigenvalue weighted by Gasteiger charge is -2.07. The number of benzene rings is 1. The molecular weight excluding hydrogens is 328 g/mol. The van der Waals surface area contributed by atoms with Crippen molar-refractivity contribution in [3.05, 3.63) is 52.2 Å². The Morgan fingerprint density at radius 3 is 2.70 bits per heavy atom. The monoisotopic (exact) mass is 338 g/mol. The normalized spacial score (nSPS) is 10.1. The predicted octanol–water partition coefficient (Wildman–Crippen LogP) is 3.69. The van der Waals surface area contributed by atoms with Crippen LogP contribution in [-0.4, -0.2) is 17.0 Å². The highest BCUT2D eigenvalue weighted by atomic mass is 79.9. The quantitative estimate of drug-likeness (QED) is 0.472. The zero-order valence-corrected chi connectivity index (χ0v) is 12.2. The predicted molar refractivity (Wildman–Crippen MR) is 76.6 cm³/mol. The van der Waals surface area contributed by atoms with E-state index in [2.05, 4.69) is 20.9 Å². The average molecular weight is 339 g/mol. The molecular formula is C13H11BrN2O4.